The molecule has 0 saturated heterocycles. The molecule has 2 N–H and O–H groups in total. The predicted octanol–water partition coefficient (Wildman–Crippen LogP) is 3.68. The molecule has 6 nitrogen and oxygen atoms in total. The van der Waals surface area contributed by atoms with Crippen LogP contribution in [0.15, 0.2) is 53.5 Å². The normalized spacial score (nSPS) is 15.6. The van der Waals surface area contributed by atoms with E-state index in [9.17, 15) is 14.0 Å². The van der Waals surface area contributed by atoms with Gasteiger partial charge in [0.2, 0.25) is 0 Å². The van der Waals surface area contributed by atoms with Crippen molar-refractivity contribution in [2.24, 2.45) is 5.92 Å². The van der Waals surface area contributed by atoms with E-state index in [0.717, 1.165) is 23.8 Å². The van der Waals surface area contributed by atoms with Crippen LogP contribution in [-0.2, 0) is 6.54 Å². The van der Waals surface area contributed by atoms with Gasteiger partial charge in [0.15, 0.2) is 0 Å². The van der Waals surface area contributed by atoms with Gasteiger partial charge < -0.3 is 10.6 Å². The second kappa shape index (κ2) is 8.26. The summed E-state index contributed by atoms with van der Waals surface area (Å²) in [4.78, 5) is 25.2. The molecule has 3 aromatic rings. The number of benzene rings is 2. The summed E-state index contributed by atoms with van der Waals surface area (Å²) in [5.74, 6) is 0.111. The van der Waals surface area contributed by atoms with Crippen LogP contribution in [0.3, 0.4) is 0 Å². The number of nitrogens with zero attached hydrogens (tertiary/aromatic N) is 2. The lowest BCUT2D eigenvalue weighted by molar-refractivity contribution is 0.230. The van der Waals surface area contributed by atoms with E-state index in [1.807, 2.05) is 25.1 Å². The quantitative estimate of drug-likeness (QED) is 0.653. The fourth-order valence-corrected chi connectivity index (χ4v) is 3.73. The molecule has 0 aliphatic heterocycles. The zero-order valence-electron chi connectivity index (χ0n) is 17.1. The van der Waals surface area contributed by atoms with Gasteiger partial charge in [0.05, 0.1) is 24.2 Å². The standard InChI is InChI=1S/C23H25FN4O2/c1-14-11-17(9-10-20(14)24)21(16-7-8-16)27-23(30)26-15(2)13-28-22(29)19-6-4-3-5-18(19)12-25-28/h3-6,9-12,15-16,21H,7-8,13H2,1-2H3,(H2,26,27,30). The first-order chi connectivity index (χ1) is 14.4. The van der Waals surface area contributed by atoms with Gasteiger partial charge in [-0.05, 0) is 55.9 Å². The molecule has 2 atom stereocenters. The SMILES string of the molecule is Cc1cc(C(NC(=O)NC(C)Cn2ncc3ccccc3c2=O)C2CC2)ccc1F. The summed E-state index contributed by atoms with van der Waals surface area (Å²) >= 11 is 0. The van der Waals surface area contributed by atoms with Gasteiger partial charge in [-0.3, -0.25) is 4.79 Å². The molecule has 0 bridgehead atoms. The molecule has 1 aliphatic rings. The Morgan fingerprint density at radius 2 is 2.00 bits per heavy atom. The van der Waals surface area contributed by atoms with Crippen molar-refractivity contribution in [2.45, 2.75) is 45.3 Å². The van der Waals surface area contributed by atoms with Gasteiger partial charge in [-0.25, -0.2) is 13.9 Å². The molecule has 1 aromatic heterocycles. The maximum Gasteiger partial charge on any atom is 0.315 e. The number of fused-ring (bicyclic) bond motifs is 1. The van der Waals surface area contributed by atoms with Crippen LogP contribution in [0.25, 0.3) is 10.8 Å². The first-order valence-electron chi connectivity index (χ1n) is 10.2. The van der Waals surface area contributed by atoms with Crippen LogP contribution in [0.1, 0.15) is 36.9 Å². The van der Waals surface area contributed by atoms with Gasteiger partial charge in [-0.2, -0.15) is 5.10 Å². The Morgan fingerprint density at radius 3 is 2.73 bits per heavy atom. The number of aryl methyl sites for hydroxylation is 1. The summed E-state index contributed by atoms with van der Waals surface area (Å²) in [6.45, 7) is 3.82. The van der Waals surface area contributed by atoms with E-state index in [4.69, 9.17) is 0 Å². The number of rotatable bonds is 6. The Labute approximate surface area is 174 Å². The van der Waals surface area contributed by atoms with Gasteiger partial charge in [0.25, 0.3) is 5.56 Å². The van der Waals surface area contributed by atoms with Crippen LogP contribution in [0.5, 0.6) is 0 Å². The summed E-state index contributed by atoms with van der Waals surface area (Å²) in [7, 11) is 0. The summed E-state index contributed by atoms with van der Waals surface area (Å²) in [5.41, 5.74) is 1.29. The average Bonchev–Trinajstić information content (AvgIpc) is 3.56. The summed E-state index contributed by atoms with van der Waals surface area (Å²) in [5, 5.41) is 11.5. The summed E-state index contributed by atoms with van der Waals surface area (Å²) < 4.78 is 15.0. The Kier molecular flexibility index (Phi) is 5.53. The molecule has 4 rings (SSSR count). The number of halogens is 1. The molecule has 156 valence electrons. The molecular weight excluding hydrogens is 383 g/mol. The molecule has 7 heteroatoms. The third-order valence-corrected chi connectivity index (χ3v) is 5.51. The lowest BCUT2D eigenvalue weighted by atomic mass is 10.0. The van der Waals surface area contributed by atoms with E-state index in [1.54, 1.807) is 31.3 Å². The number of hydrogen-bond donors (Lipinski definition) is 2. The third-order valence-electron chi connectivity index (χ3n) is 5.51. The van der Waals surface area contributed by atoms with Crippen LogP contribution < -0.4 is 16.2 Å². The molecular formula is C23H25FN4O2. The van der Waals surface area contributed by atoms with Gasteiger partial charge in [-0.15, -0.1) is 0 Å². The summed E-state index contributed by atoms with van der Waals surface area (Å²) in [6.07, 6.45) is 3.73. The number of hydrogen-bond acceptors (Lipinski definition) is 3. The zero-order chi connectivity index (χ0) is 21.3. The van der Waals surface area contributed by atoms with Crippen LogP contribution in [-0.4, -0.2) is 21.9 Å². The van der Waals surface area contributed by atoms with Crippen LogP contribution >= 0.6 is 0 Å². The van der Waals surface area contributed by atoms with Crippen molar-refractivity contribution in [2.75, 3.05) is 0 Å². The van der Waals surface area contributed by atoms with Crippen LogP contribution in [0, 0.1) is 18.7 Å². The van der Waals surface area contributed by atoms with E-state index in [1.165, 1.54) is 10.7 Å². The highest BCUT2D eigenvalue weighted by Gasteiger charge is 2.33. The molecule has 0 radical (unpaired) electrons. The van der Waals surface area contributed by atoms with Crippen molar-refractivity contribution in [1.82, 2.24) is 20.4 Å². The van der Waals surface area contributed by atoms with Crippen molar-refractivity contribution >= 4 is 16.8 Å². The minimum atomic E-state index is -0.310. The van der Waals surface area contributed by atoms with Crippen LogP contribution in [0.2, 0.25) is 0 Å². The minimum absolute atomic E-state index is 0.155. The molecule has 2 aromatic carbocycles. The second-order valence-corrected chi connectivity index (χ2v) is 8.06. The van der Waals surface area contributed by atoms with Crippen molar-refractivity contribution in [3.63, 3.8) is 0 Å². The largest absolute Gasteiger partial charge is 0.334 e. The number of amides is 2. The average molecular weight is 408 g/mol. The van der Waals surface area contributed by atoms with Gasteiger partial charge >= 0.3 is 6.03 Å². The first kappa shape index (κ1) is 20.1. The van der Waals surface area contributed by atoms with E-state index >= 15 is 0 Å². The van der Waals surface area contributed by atoms with E-state index in [0.29, 0.717) is 16.9 Å². The number of urea groups is 1. The molecule has 30 heavy (non-hydrogen) atoms. The number of nitrogens with one attached hydrogen (secondary N) is 2. The molecule has 0 spiro atoms. The maximum absolute atomic E-state index is 13.6. The number of carbonyl (C=O) groups excluding carboxylic acids is 1. The third kappa shape index (κ3) is 4.35. The fraction of sp³-hybridized carbons (Fsp3) is 0.348. The molecule has 1 fully saturated rings. The molecule has 1 heterocycles. The molecule has 1 aliphatic carbocycles. The summed E-state index contributed by atoms with van der Waals surface area (Å²) in [6, 6.07) is 11.5. The fourth-order valence-electron chi connectivity index (χ4n) is 3.73. The van der Waals surface area contributed by atoms with Crippen molar-refractivity contribution in [3.8, 4) is 0 Å². The van der Waals surface area contributed by atoms with E-state index in [-0.39, 0.29) is 36.0 Å². The Hall–Kier alpha value is -3.22. The smallest absolute Gasteiger partial charge is 0.315 e. The molecule has 2 amide bonds. The van der Waals surface area contributed by atoms with Crippen molar-refractivity contribution in [3.05, 3.63) is 76.0 Å². The highest BCUT2D eigenvalue weighted by Crippen LogP contribution is 2.41. The lowest BCUT2D eigenvalue weighted by Gasteiger charge is -2.22. The van der Waals surface area contributed by atoms with Crippen molar-refractivity contribution in [1.29, 1.82) is 0 Å². The first-order valence-corrected chi connectivity index (χ1v) is 10.2. The van der Waals surface area contributed by atoms with Crippen molar-refractivity contribution < 1.29 is 9.18 Å². The van der Waals surface area contributed by atoms with E-state index in [2.05, 4.69) is 15.7 Å². The van der Waals surface area contributed by atoms with Gasteiger partial charge in [-0.1, -0.05) is 30.3 Å². The maximum atomic E-state index is 13.6. The Bertz CT molecular complexity index is 1140. The number of aromatic nitrogens is 2. The second-order valence-electron chi connectivity index (χ2n) is 8.06. The Morgan fingerprint density at radius 1 is 1.23 bits per heavy atom. The topological polar surface area (TPSA) is 76.0 Å². The Balaban J connectivity index is 1.42. The minimum Gasteiger partial charge on any atom is -0.334 e. The lowest BCUT2D eigenvalue weighted by Crippen LogP contribution is -2.45. The number of carbonyl (C=O) groups is 1. The molecule has 2 unspecified atom stereocenters. The predicted molar refractivity (Wildman–Crippen MR) is 114 cm³/mol. The highest BCUT2D eigenvalue weighted by molar-refractivity contribution is 5.80. The highest BCUT2D eigenvalue weighted by atomic mass is 19.1. The monoisotopic (exact) mass is 408 g/mol. The zero-order valence-corrected chi connectivity index (χ0v) is 17.1. The van der Waals surface area contributed by atoms with Gasteiger partial charge in [0, 0.05) is 11.4 Å². The van der Waals surface area contributed by atoms with Crippen LogP contribution in [0.4, 0.5) is 9.18 Å². The molecule has 1 saturated carbocycles. The van der Waals surface area contributed by atoms with Gasteiger partial charge in [0.1, 0.15) is 5.82 Å². The van der Waals surface area contributed by atoms with E-state index < -0.39 is 0 Å².